The Morgan fingerprint density at radius 2 is 2.08 bits per heavy atom. The lowest BCUT2D eigenvalue weighted by Gasteiger charge is -2.06. The van der Waals surface area contributed by atoms with Gasteiger partial charge in [0.25, 0.3) is 5.91 Å². The molecule has 26 heavy (non-hydrogen) atoms. The number of carbonyl (C=O) groups is 1. The third kappa shape index (κ3) is 3.09. The monoisotopic (exact) mass is 369 g/mol. The van der Waals surface area contributed by atoms with E-state index in [0.29, 0.717) is 17.1 Å². The number of H-pyrrole nitrogens is 1. The van der Waals surface area contributed by atoms with E-state index in [1.54, 1.807) is 0 Å². The molecular weight excluding hydrogens is 350 g/mol. The molecule has 0 unspecified atom stereocenters. The highest BCUT2D eigenvalue weighted by molar-refractivity contribution is 6.32. The van der Waals surface area contributed by atoms with Gasteiger partial charge in [0.15, 0.2) is 0 Å². The highest BCUT2D eigenvalue weighted by Gasteiger charge is 2.26. The summed E-state index contributed by atoms with van der Waals surface area (Å²) in [5, 5.41) is 16.7. The largest absolute Gasteiger partial charge is 0.396 e. The van der Waals surface area contributed by atoms with Crippen LogP contribution < -0.4 is 10.6 Å². The number of aromatic nitrogens is 1. The highest BCUT2D eigenvalue weighted by Crippen LogP contribution is 2.34. The first-order chi connectivity index (χ1) is 12.7. The Hall–Kier alpha value is -2.34. The van der Waals surface area contributed by atoms with Crippen LogP contribution in [0.4, 0.5) is 0 Å². The van der Waals surface area contributed by atoms with Crippen LogP contribution in [0.5, 0.6) is 0 Å². The molecule has 6 heteroatoms. The molecule has 0 atom stereocenters. The maximum atomic E-state index is 12.2. The molecule has 0 saturated carbocycles. The molecule has 2 heterocycles. The van der Waals surface area contributed by atoms with Crippen molar-refractivity contribution in [3.05, 3.63) is 58.1 Å². The van der Waals surface area contributed by atoms with Gasteiger partial charge in [-0.15, -0.1) is 0 Å². The number of hydrogen-bond donors (Lipinski definition) is 4. The van der Waals surface area contributed by atoms with Crippen molar-refractivity contribution >= 4 is 28.4 Å². The molecule has 0 fully saturated rings. The number of nitrogens with one attached hydrogen (secondary N) is 3. The molecule has 1 amide bonds. The fraction of sp³-hybridized carbons (Fsp3) is 0.250. The molecule has 1 aliphatic heterocycles. The molecule has 5 nitrogen and oxygen atoms in total. The van der Waals surface area contributed by atoms with Gasteiger partial charge in [-0.25, -0.2) is 0 Å². The van der Waals surface area contributed by atoms with Crippen molar-refractivity contribution in [2.75, 3.05) is 13.2 Å². The molecule has 1 aliphatic rings. The highest BCUT2D eigenvalue weighted by atomic mass is 35.5. The van der Waals surface area contributed by atoms with Crippen LogP contribution in [-0.4, -0.2) is 29.1 Å². The van der Waals surface area contributed by atoms with Crippen molar-refractivity contribution in [1.29, 1.82) is 0 Å². The molecule has 0 saturated heterocycles. The molecule has 0 radical (unpaired) electrons. The average Bonchev–Trinajstić information content (AvgIpc) is 3.23. The van der Waals surface area contributed by atoms with Gasteiger partial charge in [0, 0.05) is 52.4 Å². The van der Waals surface area contributed by atoms with Crippen LogP contribution in [0.1, 0.15) is 27.9 Å². The van der Waals surface area contributed by atoms with E-state index in [4.69, 9.17) is 16.7 Å². The van der Waals surface area contributed by atoms with Gasteiger partial charge in [0.1, 0.15) is 0 Å². The van der Waals surface area contributed by atoms with Crippen molar-refractivity contribution in [2.24, 2.45) is 0 Å². The first-order valence-electron chi connectivity index (χ1n) is 8.70. The zero-order valence-electron chi connectivity index (χ0n) is 14.2. The second-order valence-corrected chi connectivity index (χ2v) is 6.90. The van der Waals surface area contributed by atoms with E-state index < -0.39 is 0 Å². The van der Waals surface area contributed by atoms with E-state index >= 15 is 0 Å². The maximum absolute atomic E-state index is 12.2. The van der Waals surface area contributed by atoms with Crippen molar-refractivity contribution < 1.29 is 9.90 Å². The molecular formula is C20H20ClN3O2. The van der Waals surface area contributed by atoms with Crippen LogP contribution in [-0.2, 0) is 13.1 Å². The fourth-order valence-electron chi connectivity index (χ4n) is 3.41. The number of carbonyl (C=O) groups excluding carboxylic acids is 1. The number of aromatic amines is 1. The summed E-state index contributed by atoms with van der Waals surface area (Å²) in [4.78, 5) is 15.7. The van der Waals surface area contributed by atoms with E-state index in [1.807, 2.05) is 12.1 Å². The van der Waals surface area contributed by atoms with Gasteiger partial charge in [-0.1, -0.05) is 23.7 Å². The quantitative estimate of drug-likeness (QED) is 0.504. The van der Waals surface area contributed by atoms with E-state index in [0.717, 1.165) is 47.2 Å². The van der Waals surface area contributed by atoms with Crippen molar-refractivity contribution in [3.63, 3.8) is 0 Å². The first-order valence-corrected chi connectivity index (χ1v) is 9.08. The minimum Gasteiger partial charge on any atom is -0.396 e. The van der Waals surface area contributed by atoms with E-state index in [-0.39, 0.29) is 12.5 Å². The summed E-state index contributed by atoms with van der Waals surface area (Å²) in [6.45, 7) is 2.23. The summed E-state index contributed by atoms with van der Waals surface area (Å²) in [5.41, 5.74) is 5.52. The first kappa shape index (κ1) is 17.1. The summed E-state index contributed by atoms with van der Waals surface area (Å²) in [6, 6.07) is 12.1. The number of fused-ring (bicyclic) bond motifs is 2. The van der Waals surface area contributed by atoms with Gasteiger partial charge >= 0.3 is 0 Å². The van der Waals surface area contributed by atoms with Gasteiger partial charge in [-0.05, 0) is 42.8 Å². The Bertz CT molecular complexity index is 981. The number of aliphatic hydroxyl groups is 1. The summed E-state index contributed by atoms with van der Waals surface area (Å²) in [6.07, 6.45) is 0.750. The maximum Gasteiger partial charge on any atom is 0.252 e. The minimum absolute atomic E-state index is 0.0788. The molecule has 4 rings (SSSR count). The number of aliphatic hydroxyl groups excluding tert-OH is 1. The lowest BCUT2D eigenvalue weighted by Crippen LogP contribution is -2.15. The molecule has 134 valence electrons. The smallest absolute Gasteiger partial charge is 0.252 e. The van der Waals surface area contributed by atoms with Crippen LogP contribution in [0.15, 0.2) is 36.4 Å². The number of hydrogen-bond acceptors (Lipinski definition) is 3. The normalized spacial score (nSPS) is 13.2. The van der Waals surface area contributed by atoms with Gasteiger partial charge in [0.2, 0.25) is 0 Å². The SMILES string of the molecule is O=C1NCc2c(Cl)ccc(-c3cc4cc(CNCCCO)ccc4[nH]3)c21. The zero-order valence-corrected chi connectivity index (χ0v) is 15.0. The topological polar surface area (TPSA) is 77.2 Å². The lowest BCUT2D eigenvalue weighted by atomic mass is 10.0. The number of halogens is 1. The Kier molecular flexibility index (Phi) is 4.68. The van der Waals surface area contributed by atoms with Gasteiger partial charge < -0.3 is 20.7 Å². The molecule has 1 aromatic heterocycles. The van der Waals surface area contributed by atoms with Crippen LogP contribution >= 0.6 is 11.6 Å². The average molecular weight is 370 g/mol. The zero-order chi connectivity index (χ0) is 18.1. The third-order valence-electron chi connectivity index (χ3n) is 4.72. The standard InChI is InChI=1S/C20H20ClN3O2/c21-16-4-3-14(19-15(16)11-23-20(19)26)18-9-13-8-12(2-5-17(13)24-18)10-22-6-1-7-25/h2-5,8-9,22,24-25H,1,6-7,10-11H2,(H,23,26). The van der Waals surface area contributed by atoms with Crippen LogP contribution in [0.3, 0.4) is 0 Å². The molecule has 4 N–H and O–H groups in total. The van der Waals surface area contributed by atoms with Crippen LogP contribution in [0.25, 0.3) is 22.2 Å². The molecule has 2 aromatic carbocycles. The van der Waals surface area contributed by atoms with Gasteiger partial charge in [-0.2, -0.15) is 0 Å². The summed E-state index contributed by atoms with van der Waals surface area (Å²) in [5.74, 6) is -0.0788. The van der Waals surface area contributed by atoms with Gasteiger partial charge in [-0.3, -0.25) is 4.79 Å². The predicted octanol–water partition coefficient (Wildman–Crippen LogP) is 3.20. The Morgan fingerprint density at radius 1 is 1.19 bits per heavy atom. The Balaban J connectivity index is 1.66. The summed E-state index contributed by atoms with van der Waals surface area (Å²) >= 11 is 6.24. The van der Waals surface area contributed by atoms with E-state index in [2.05, 4.69) is 39.9 Å². The Morgan fingerprint density at radius 3 is 2.92 bits per heavy atom. The van der Waals surface area contributed by atoms with E-state index in [9.17, 15) is 4.79 Å². The number of benzene rings is 2. The second-order valence-electron chi connectivity index (χ2n) is 6.49. The predicted molar refractivity (Wildman–Crippen MR) is 103 cm³/mol. The fourth-order valence-corrected chi connectivity index (χ4v) is 3.63. The van der Waals surface area contributed by atoms with Crippen LogP contribution in [0.2, 0.25) is 5.02 Å². The molecule has 0 bridgehead atoms. The second kappa shape index (κ2) is 7.11. The number of rotatable bonds is 6. The summed E-state index contributed by atoms with van der Waals surface area (Å²) < 4.78 is 0. The number of amides is 1. The van der Waals surface area contributed by atoms with Crippen LogP contribution in [0, 0.1) is 0 Å². The van der Waals surface area contributed by atoms with Crippen molar-refractivity contribution in [1.82, 2.24) is 15.6 Å². The summed E-state index contributed by atoms with van der Waals surface area (Å²) in [7, 11) is 0. The van der Waals surface area contributed by atoms with Crippen molar-refractivity contribution in [3.8, 4) is 11.3 Å². The lowest BCUT2D eigenvalue weighted by molar-refractivity contribution is 0.0966. The third-order valence-corrected chi connectivity index (χ3v) is 5.08. The molecule has 3 aromatic rings. The van der Waals surface area contributed by atoms with E-state index in [1.165, 1.54) is 5.56 Å². The molecule has 0 spiro atoms. The Labute approximate surface area is 156 Å². The molecule has 0 aliphatic carbocycles. The minimum atomic E-state index is -0.0788. The van der Waals surface area contributed by atoms with Crippen molar-refractivity contribution in [2.45, 2.75) is 19.5 Å². The van der Waals surface area contributed by atoms with Gasteiger partial charge in [0.05, 0.1) is 5.56 Å².